The molecule has 0 heterocycles. The molecular formula is C7H14Cl2Si. The van der Waals surface area contributed by atoms with Gasteiger partial charge in [-0.1, -0.05) is 13.0 Å². The summed E-state index contributed by atoms with van der Waals surface area (Å²) >= 11 is 12.1. The summed E-state index contributed by atoms with van der Waals surface area (Å²) in [7, 11) is 0. The van der Waals surface area contributed by atoms with Crippen LogP contribution in [0.2, 0.25) is 12.1 Å². The first-order chi connectivity index (χ1) is 4.62. The third kappa shape index (κ3) is 5.33. The van der Waals surface area contributed by atoms with E-state index in [1.807, 2.05) is 6.08 Å². The molecule has 10 heavy (non-hydrogen) atoms. The van der Waals surface area contributed by atoms with E-state index in [4.69, 9.17) is 22.2 Å². The Kier molecular flexibility index (Phi) is 5.50. The zero-order valence-corrected chi connectivity index (χ0v) is 8.88. The first-order valence-electron chi connectivity index (χ1n) is 3.61. The number of rotatable bonds is 5. The van der Waals surface area contributed by atoms with Crippen molar-refractivity contribution in [3.8, 4) is 0 Å². The smallest absolute Gasteiger partial charge is 0.146 e. The summed E-state index contributed by atoms with van der Waals surface area (Å²) in [5, 5.41) is 0. The van der Waals surface area contributed by atoms with Crippen LogP contribution in [0.4, 0.5) is 0 Å². The van der Waals surface area contributed by atoms with E-state index in [0.717, 1.165) is 24.9 Å². The number of unbranched alkanes of at least 4 members (excludes halogenated alkanes) is 1. The van der Waals surface area contributed by atoms with Crippen molar-refractivity contribution in [1.82, 2.24) is 0 Å². The molecule has 0 radical (unpaired) electrons. The van der Waals surface area contributed by atoms with Gasteiger partial charge < -0.3 is 0 Å². The maximum atomic E-state index is 6.03. The van der Waals surface area contributed by atoms with Gasteiger partial charge in [0.25, 0.3) is 6.69 Å². The van der Waals surface area contributed by atoms with Crippen molar-refractivity contribution in [3.05, 3.63) is 12.7 Å². The normalized spacial score (nSPS) is 11.5. The Morgan fingerprint density at radius 1 is 1.50 bits per heavy atom. The maximum Gasteiger partial charge on any atom is 0.251 e. The lowest BCUT2D eigenvalue weighted by Crippen LogP contribution is -2.15. The summed E-state index contributed by atoms with van der Waals surface area (Å²) in [4.78, 5) is 0. The fraction of sp³-hybridized carbons (Fsp3) is 0.714. The monoisotopic (exact) mass is 196 g/mol. The molecule has 0 bridgehead atoms. The number of allylic oxidation sites excluding steroid dienone is 1. The number of hydrogen-bond acceptors (Lipinski definition) is 0. The minimum absolute atomic E-state index is 0.952. The Hall–Kier alpha value is 0.537. The zero-order valence-electron chi connectivity index (χ0n) is 6.37. The third-order valence-electron chi connectivity index (χ3n) is 1.47. The Morgan fingerprint density at radius 3 is 2.50 bits per heavy atom. The molecule has 0 nitrogen and oxygen atoms in total. The maximum absolute atomic E-state index is 6.03. The van der Waals surface area contributed by atoms with Gasteiger partial charge in [0.05, 0.1) is 0 Å². The third-order valence-corrected chi connectivity index (χ3v) is 6.33. The van der Waals surface area contributed by atoms with E-state index in [2.05, 4.69) is 13.5 Å². The van der Waals surface area contributed by atoms with Crippen molar-refractivity contribution < 1.29 is 0 Å². The Bertz CT molecular complexity index is 102. The number of halogens is 2. The van der Waals surface area contributed by atoms with Gasteiger partial charge in [0.2, 0.25) is 0 Å². The van der Waals surface area contributed by atoms with Crippen LogP contribution in [-0.4, -0.2) is 6.69 Å². The van der Waals surface area contributed by atoms with E-state index < -0.39 is 6.69 Å². The molecule has 0 N–H and O–H groups in total. The first-order valence-corrected chi connectivity index (χ1v) is 8.05. The second-order valence-electron chi connectivity index (χ2n) is 2.39. The van der Waals surface area contributed by atoms with Gasteiger partial charge >= 0.3 is 0 Å². The standard InChI is InChI=1S/C7H14Cl2Si/c1-3-5-6-7-10(8,9)4-2/h3H,1,4-7H2,2H3. The highest BCUT2D eigenvalue weighted by atomic mass is 35.7. The molecule has 0 rings (SSSR count). The average Bonchev–Trinajstić information content (AvgIpc) is 1.89. The largest absolute Gasteiger partial charge is 0.251 e. The quantitative estimate of drug-likeness (QED) is 0.271. The first kappa shape index (κ1) is 10.5. The van der Waals surface area contributed by atoms with Crippen molar-refractivity contribution >= 4 is 28.9 Å². The van der Waals surface area contributed by atoms with E-state index in [9.17, 15) is 0 Å². The summed E-state index contributed by atoms with van der Waals surface area (Å²) in [5.41, 5.74) is 0. The molecule has 3 heteroatoms. The summed E-state index contributed by atoms with van der Waals surface area (Å²) in [6, 6.07) is 1.95. The molecule has 0 aliphatic rings. The molecule has 0 amide bonds. The minimum atomic E-state index is -1.82. The van der Waals surface area contributed by atoms with Crippen LogP contribution in [0.25, 0.3) is 0 Å². The second kappa shape index (κ2) is 5.22. The van der Waals surface area contributed by atoms with Crippen LogP contribution in [0.5, 0.6) is 0 Å². The lowest BCUT2D eigenvalue weighted by atomic mass is 10.3. The SMILES string of the molecule is C=CCCC[Si](Cl)(Cl)CC. The van der Waals surface area contributed by atoms with Crippen molar-refractivity contribution in [2.45, 2.75) is 31.9 Å². The van der Waals surface area contributed by atoms with Crippen LogP contribution in [0.3, 0.4) is 0 Å². The summed E-state index contributed by atoms with van der Waals surface area (Å²) in [6.45, 7) is 3.87. The van der Waals surface area contributed by atoms with Gasteiger partial charge in [-0.3, -0.25) is 0 Å². The van der Waals surface area contributed by atoms with E-state index in [-0.39, 0.29) is 0 Å². The van der Waals surface area contributed by atoms with Crippen LogP contribution in [-0.2, 0) is 0 Å². The summed E-state index contributed by atoms with van der Waals surface area (Å²) in [6.07, 6.45) is 4.04. The minimum Gasteiger partial charge on any atom is -0.146 e. The Balaban J connectivity index is 3.36. The molecule has 0 fully saturated rings. The molecular weight excluding hydrogens is 183 g/mol. The molecule has 0 aliphatic carbocycles. The topological polar surface area (TPSA) is 0 Å². The van der Waals surface area contributed by atoms with Gasteiger partial charge in [0.1, 0.15) is 0 Å². The highest BCUT2D eigenvalue weighted by molar-refractivity contribution is 7.45. The van der Waals surface area contributed by atoms with Crippen LogP contribution < -0.4 is 0 Å². The highest BCUT2D eigenvalue weighted by Crippen LogP contribution is 2.26. The average molecular weight is 197 g/mol. The molecule has 0 saturated heterocycles. The molecule has 0 aromatic heterocycles. The van der Waals surface area contributed by atoms with Crippen molar-refractivity contribution in [1.29, 1.82) is 0 Å². The Labute approximate surface area is 73.6 Å². The molecule has 0 saturated carbocycles. The summed E-state index contributed by atoms with van der Waals surface area (Å²) < 4.78 is 0. The van der Waals surface area contributed by atoms with Gasteiger partial charge in [-0.2, -0.15) is 0 Å². The molecule has 0 aliphatic heterocycles. The fourth-order valence-corrected chi connectivity index (χ4v) is 2.56. The van der Waals surface area contributed by atoms with Crippen LogP contribution in [0.15, 0.2) is 12.7 Å². The van der Waals surface area contributed by atoms with E-state index in [1.165, 1.54) is 0 Å². The van der Waals surface area contributed by atoms with Gasteiger partial charge in [0.15, 0.2) is 0 Å². The molecule has 0 spiro atoms. The van der Waals surface area contributed by atoms with E-state index >= 15 is 0 Å². The van der Waals surface area contributed by atoms with Crippen molar-refractivity contribution in [2.75, 3.05) is 0 Å². The van der Waals surface area contributed by atoms with Crippen molar-refractivity contribution in [3.63, 3.8) is 0 Å². The van der Waals surface area contributed by atoms with E-state index in [1.54, 1.807) is 0 Å². The van der Waals surface area contributed by atoms with Crippen molar-refractivity contribution in [2.24, 2.45) is 0 Å². The van der Waals surface area contributed by atoms with Gasteiger partial charge in [-0.25, -0.2) is 0 Å². The fourth-order valence-electron chi connectivity index (χ4n) is 0.682. The molecule has 60 valence electrons. The van der Waals surface area contributed by atoms with Gasteiger partial charge in [-0.15, -0.1) is 28.7 Å². The molecule has 0 atom stereocenters. The molecule has 0 aromatic rings. The zero-order chi connectivity index (χ0) is 8.04. The lowest BCUT2D eigenvalue weighted by molar-refractivity contribution is 0.943. The summed E-state index contributed by atoms with van der Waals surface area (Å²) in [5.74, 6) is 0. The van der Waals surface area contributed by atoms with Crippen LogP contribution in [0, 0.1) is 0 Å². The Morgan fingerprint density at radius 2 is 2.10 bits per heavy atom. The predicted octanol–water partition coefficient (Wildman–Crippen LogP) is 3.89. The lowest BCUT2D eigenvalue weighted by Gasteiger charge is -2.12. The molecule has 0 unspecified atom stereocenters. The second-order valence-corrected chi connectivity index (χ2v) is 10.2. The van der Waals surface area contributed by atoms with E-state index in [0.29, 0.717) is 0 Å². The molecule has 0 aromatic carbocycles. The highest BCUT2D eigenvalue weighted by Gasteiger charge is 2.24. The number of hydrogen-bond donors (Lipinski definition) is 0. The van der Waals surface area contributed by atoms with Gasteiger partial charge in [-0.05, 0) is 24.9 Å². The van der Waals surface area contributed by atoms with Crippen LogP contribution in [0.1, 0.15) is 19.8 Å². The van der Waals surface area contributed by atoms with Crippen LogP contribution >= 0.6 is 22.2 Å². The van der Waals surface area contributed by atoms with Gasteiger partial charge in [0, 0.05) is 0 Å². The predicted molar refractivity (Wildman–Crippen MR) is 52.2 cm³/mol.